The van der Waals surface area contributed by atoms with E-state index in [1.807, 2.05) is 12.1 Å². The molecule has 0 radical (unpaired) electrons. The quantitative estimate of drug-likeness (QED) is 0.732. The maximum absolute atomic E-state index is 9.44. The molecular weight excluding hydrogens is 316 g/mol. The molecule has 1 rings (SSSR count). The third kappa shape index (κ3) is 4.00. The molecule has 0 fully saturated rings. The van der Waals surface area contributed by atoms with Crippen molar-refractivity contribution in [2.75, 3.05) is 6.61 Å². The minimum Gasteiger partial charge on any atom is -0.508 e. The number of aliphatic hydroxyl groups excluding tert-OH is 1. The van der Waals surface area contributed by atoms with Crippen molar-refractivity contribution in [3.05, 3.63) is 27.3 Å². The molecule has 0 saturated heterocycles. The predicted molar refractivity (Wildman–Crippen MR) is 66.8 cm³/mol. The molecule has 1 unspecified atom stereocenters. The van der Waals surface area contributed by atoms with E-state index in [1.165, 1.54) is 0 Å². The Labute approximate surface area is 103 Å². The zero-order valence-electron chi connectivity index (χ0n) is 7.48. The second kappa shape index (κ2) is 6.44. The summed E-state index contributed by atoms with van der Waals surface area (Å²) >= 11 is 2.17. The normalized spacial score (nSPS) is 11.9. The number of rotatable bonds is 3. The molecule has 0 aliphatic carbocycles. The van der Waals surface area contributed by atoms with E-state index in [2.05, 4.69) is 22.6 Å². The van der Waals surface area contributed by atoms with Crippen LogP contribution in [0.2, 0.25) is 0 Å². The number of phenolic OH excluding ortho intramolecular Hbond substituents is 1. The molecule has 1 aromatic carbocycles. The maximum atomic E-state index is 9.44. The van der Waals surface area contributed by atoms with Crippen molar-refractivity contribution in [1.82, 2.24) is 0 Å². The van der Waals surface area contributed by atoms with Crippen LogP contribution in [-0.2, 0) is 6.42 Å². The Morgan fingerprint density at radius 2 is 2.07 bits per heavy atom. The lowest BCUT2D eigenvalue weighted by atomic mass is 10.1. The van der Waals surface area contributed by atoms with E-state index in [0.717, 1.165) is 9.13 Å². The Morgan fingerprint density at radius 3 is 2.64 bits per heavy atom. The number of aliphatic hydroxyl groups is 1. The summed E-state index contributed by atoms with van der Waals surface area (Å²) in [5.41, 5.74) is 6.35. The monoisotopic (exact) mass is 329 g/mol. The molecular formula is C9H13ClINO2. The van der Waals surface area contributed by atoms with Gasteiger partial charge in [-0.15, -0.1) is 12.4 Å². The highest BCUT2D eigenvalue weighted by Gasteiger charge is 2.06. The van der Waals surface area contributed by atoms with E-state index < -0.39 is 0 Å². The molecule has 0 aromatic heterocycles. The van der Waals surface area contributed by atoms with Gasteiger partial charge in [-0.3, -0.25) is 0 Å². The first kappa shape index (κ1) is 14.0. The highest BCUT2D eigenvalue weighted by atomic mass is 127. The van der Waals surface area contributed by atoms with Crippen molar-refractivity contribution in [2.24, 2.45) is 5.73 Å². The molecule has 0 aliphatic heterocycles. The van der Waals surface area contributed by atoms with Gasteiger partial charge in [0.05, 0.1) is 6.61 Å². The first-order valence-corrected chi connectivity index (χ1v) is 5.05. The molecule has 3 nitrogen and oxygen atoms in total. The molecule has 80 valence electrons. The minimum absolute atomic E-state index is 0. The van der Waals surface area contributed by atoms with Crippen LogP contribution in [0.25, 0.3) is 0 Å². The molecule has 0 saturated carbocycles. The molecule has 0 spiro atoms. The van der Waals surface area contributed by atoms with Crippen LogP contribution in [0, 0.1) is 3.57 Å². The second-order valence-corrected chi connectivity index (χ2v) is 4.17. The molecule has 0 bridgehead atoms. The summed E-state index contributed by atoms with van der Waals surface area (Å²) in [6, 6.07) is 5.03. The van der Waals surface area contributed by atoms with Crippen LogP contribution in [0.1, 0.15) is 5.56 Å². The highest BCUT2D eigenvalue weighted by molar-refractivity contribution is 14.1. The van der Waals surface area contributed by atoms with E-state index in [4.69, 9.17) is 10.8 Å². The standard InChI is InChI=1S/C9H12INO2.ClH/c10-7-1-2-9(13)6(3-7)4-8(11)5-12;/h1-3,8,12-13H,4-5,11H2;1H. The average Bonchev–Trinajstić information content (AvgIpc) is 2.11. The Balaban J connectivity index is 0.00000169. The number of aromatic hydroxyl groups is 1. The van der Waals surface area contributed by atoms with Gasteiger partial charge in [0.25, 0.3) is 0 Å². The van der Waals surface area contributed by atoms with Gasteiger partial charge in [-0.25, -0.2) is 0 Å². The van der Waals surface area contributed by atoms with Gasteiger partial charge in [-0.1, -0.05) is 0 Å². The summed E-state index contributed by atoms with van der Waals surface area (Å²) in [6.45, 7) is -0.0646. The molecule has 4 N–H and O–H groups in total. The molecule has 1 atom stereocenters. The third-order valence-electron chi connectivity index (χ3n) is 1.76. The number of hydrogen-bond acceptors (Lipinski definition) is 3. The van der Waals surface area contributed by atoms with Crippen LogP contribution in [0.4, 0.5) is 0 Å². The topological polar surface area (TPSA) is 66.5 Å². The van der Waals surface area contributed by atoms with Crippen molar-refractivity contribution >= 4 is 35.0 Å². The second-order valence-electron chi connectivity index (χ2n) is 2.92. The van der Waals surface area contributed by atoms with E-state index in [-0.39, 0.29) is 30.8 Å². The summed E-state index contributed by atoms with van der Waals surface area (Å²) in [5.74, 6) is 0.240. The van der Waals surface area contributed by atoms with Crippen LogP contribution in [-0.4, -0.2) is 22.9 Å². The van der Waals surface area contributed by atoms with Crippen molar-refractivity contribution in [1.29, 1.82) is 0 Å². The molecule has 0 heterocycles. The lowest BCUT2D eigenvalue weighted by Crippen LogP contribution is -2.26. The van der Waals surface area contributed by atoms with Gasteiger partial charge in [-0.2, -0.15) is 0 Å². The fraction of sp³-hybridized carbons (Fsp3) is 0.333. The number of phenols is 1. The first-order chi connectivity index (χ1) is 6.13. The van der Waals surface area contributed by atoms with E-state index >= 15 is 0 Å². The molecule has 0 aliphatic rings. The first-order valence-electron chi connectivity index (χ1n) is 3.97. The number of halogens is 2. The Bertz CT molecular complexity index is 296. The summed E-state index contributed by atoms with van der Waals surface area (Å²) in [4.78, 5) is 0. The fourth-order valence-electron chi connectivity index (χ4n) is 1.06. The zero-order valence-corrected chi connectivity index (χ0v) is 10.5. The lowest BCUT2D eigenvalue weighted by Gasteiger charge is -2.09. The van der Waals surface area contributed by atoms with Gasteiger partial charge in [0, 0.05) is 9.61 Å². The Hall–Kier alpha value is -0.0400. The average molecular weight is 330 g/mol. The van der Waals surface area contributed by atoms with Gasteiger partial charge in [0.2, 0.25) is 0 Å². The maximum Gasteiger partial charge on any atom is 0.118 e. The van der Waals surface area contributed by atoms with Crippen LogP contribution < -0.4 is 5.73 Å². The van der Waals surface area contributed by atoms with Gasteiger partial charge in [-0.05, 0) is 52.8 Å². The van der Waals surface area contributed by atoms with Crippen LogP contribution in [0.15, 0.2) is 18.2 Å². The number of benzene rings is 1. The summed E-state index contributed by atoms with van der Waals surface area (Å²) < 4.78 is 1.05. The molecule has 0 amide bonds. The van der Waals surface area contributed by atoms with Crippen molar-refractivity contribution in [3.8, 4) is 5.75 Å². The van der Waals surface area contributed by atoms with Crippen molar-refractivity contribution in [3.63, 3.8) is 0 Å². The van der Waals surface area contributed by atoms with E-state index in [1.54, 1.807) is 6.07 Å². The highest BCUT2D eigenvalue weighted by Crippen LogP contribution is 2.20. The minimum atomic E-state index is -0.302. The van der Waals surface area contributed by atoms with Gasteiger partial charge in [0.15, 0.2) is 0 Å². The molecule has 1 aromatic rings. The number of nitrogens with two attached hydrogens (primary N) is 1. The van der Waals surface area contributed by atoms with Crippen molar-refractivity contribution in [2.45, 2.75) is 12.5 Å². The van der Waals surface area contributed by atoms with Crippen LogP contribution in [0.3, 0.4) is 0 Å². The summed E-state index contributed by atoms with van der Waals surface area (Å²) in [5, 5.41) is 18.2. The van der Waals surface area contributed by atoms with Gasteiger partial charge >= 0.3 is 0 Å². The van der Waals surface area contributed by atoms with Crippen molar-refractivity contribution < 1.29 is 10.2 Å². The smallest absolute Gasteiger partial charge is 0.118 e. The summed E-state index contributed by atoms with van der Waals surface area (Å²) in [6.07, 6.45) is 0.499. The fourth-order valence-corrected chi connectivity index (χ4v) is 1.62. The third-order valence-corrected chi connectivity index (χ3v) is 2.43. The molecule has 5 heteroatoms. The zero-order chi connectivity index (χ0) is 9.84. The SMILES string of the molecule is Cl.NC(CO)Cc1cc(I)ccc1O. The van der Waals surface area contributed by atoms with Gasteiger partial charge in [0.1, 0.15) is 5.75 Å². The summed E-state index contributed by atoms with van der Waals surface area (Å²) in [7, 11) is 0. The predicted octanol–water partition coefficient (Wildman–Crippen LogP) is 1.28. The Morgan fingerprint density at radius 1 is 1.43 bits per heavy atom. The van der Waals surface area contributed by atoms with E-state index in [9.17, 15) is 5.11 Å². The molecule has 14 heavy (non-hydrogen) atoms. The van der Waals surface area contributed by atoms with E-state index in [0.29, 0.717) is 6.42 Å². The lowest BCUT2D eigenvalue weighted by molar-refractivity contribution is 0.264. The largest absolute Gasteiger partial charge is 0.508 e. The number of hydrogen-bond donors (Lipinski definition) is 3. The van der Waals surface area contributed by atoms with Crippen LogP contribution in [0.5, 0.6) is 5.75 Å². The van der Waals surface area contributed by atoms with Crippen LogP contribution >= 0.6 is 35.0 Å². The van der Waals surface area contributed by atoms with Gasteiger partial charge < -0.3 is 15.9 Å². The Kier molecular flexibility index (Phi) is 6.43.